The molecule has 2 N–H and O–H groups in total. The van der Waals surface area contributed by atoms with E-state index in [1.54, 1.807) is 0 Å². The van der Waals surface area contributed by atoms with Crippen molar-refractivity contribution >= 4 is 5.96 Å². The molecule has 1 rings (SSSR count). The van der Waals surface area contributed by atoms with Gasteiger partial charge < -0.3 is 20.3 Å². The van der Waals surface area contributed by atoms with Gasteiger partial charge in [-0.25, -0.2) is 0 Å². The van der Waals surface area contributed by atoms with Gasteiger partial charge in [-0.1, -0.05) is 6.92 Å². The summed E-state index contributed by atoms with van der Waals surface area (Å²) in [5.41, 5.74) is 0. The highest BCUT2D eigenvalue weighted by Crippen LogP contribution is 2.10. The molecular formula is C16H34N4O. The van der Waals surface area contributed by atoms with Gasteiger partial charge in [0.1, 0.15) is 0 Å². The Balaban J connectivity index is 2.11. The number of hydrogen-bond acceptors (Lipinski definition) is 3. The molecule has 1 aliphatic heterocycles. The van der Waals surface area contributed by atoms with Crippen molar-refractivity contribution < 1.29 is 4.74 Å². The van der Waals surface area contributed by atoms with Crippen molar-refractivity contribution in [2.45, 2.75) is 52.0 Å². The number of piperidine rings is 1. The minimum Gasteiger partial charge on any atom is -0.382 e. The highest BCUT2D eigenvalue weighted by atomic mass is 16.5. The van der Waals surface area contributed by atoms with Gasteiger partial charge in [-0.2, -0.15) is 0 Å². The van der Waals surface area contributed by atoms with Gasteiger partial charge in [-0.3, -0.25) is 4.99 Å². The molecule has 1 fully saturated rings. The molecule has 1 saturated heterocycles. The van der Waals surface area contributed by atoms with Crippen molar-refractivity contribution in [2.75, 3.05) is 46.4 Å². The Kier molecular flexibility index (Phi) is 10.3. The third kappa shape index (κ3) is 8.27. The van der Waals surface area contributed by atoms with Gasteiger partial charge in [0.25, 0.3) is 0 Å². The second kappa shape index (κ2) is 11.8. The predicted octanol–water partition coefficient (Wildman–Crippen LogP) is 1.84. The third-order valence-corrected chi connectivity index (χ3v) is 3.90. The summed E-state index contributed by atoms with van der Waals surface area (Å²) in [5.74, 6) is 0.945. The van der Waals surface area contributed by atoms with E-state index in [-0.39, 0.29) is 0 Å². The molecule has 1 heterocycles. The van der Waals surface area contributed by atoms with Crippen LogP contribution in [0.25, 0.3) is 0 Å². The summed E-state index contributed by atoms with van der Waals surface area (Å²) in [6.45, 7) is 10.6. The molecule has 124 valence electrons. The van der Waals surface area contributed by atoms with Crippen molar-refractivity contribution in [3.63, 3.8) is 0 Å². The molecule has 0 aromatic carbocycles. The van der Waals surface area contributed by atoms with Crippen LogP contribution in [0.15, 0.2) is 4.99 Å². The predicted molar refractivity (Wildman–Crippen MR) is 90.0 cm³/mol. The van der Waals surface area contributed by atoms with Crippen LogP contribution < -0.4 is 10.6 Å². The Morgan fingerprint density at radius 1 is 1.24 bits per heavy atom. The zero-order chi connectivity index (χ0) is 15.3. The van der Waals surface area contributed by atoms with E-state index < -0.39 is 0 Å². The van der Waals surface area contributed by atoms with E-state index in [0.717, 1.165) is 38.6 Å². The number of ether oxygens (including phenoxy) is 1. The molecule has 1 aliphatic rings. The standard InChI is InChI=1S/C16H34N4O/c1-4-11-20-12-8-15(9-13-20)19-16(17-3)18-10-6-7-14-21-5-2/h15H,4-14H2,1-3H3,(H2,17,18,19). The van der Waals surface area contributed by atoms with Crippen LogP contribution in [0.4, 0.5) is 0 Å². The summed E-state index contributed by atoms with van der Waals surface area (Å²) in [5, 5.41) is 6.95. The molecule has 0 unspecified atom stereocenters. The minimum atomic E-state index is 0.563. The molecule has 5 nitrogen and oxygen atoms in total. The van der Waals surface area contributed by atoms with Crippen LogP contribution in [0.1, 0.15) is 46.0 Å². The quantitative estimate of drug-likeness (QED) is 0.387. The summed E-state index contributed by atoms with van der Waals surface area (Å²) in [4.78, 5) is 6.88. The van der Waals surface area contributed by atoms with E-state index in [4.69, 9.17) is 4.74 Å². The zero-order valence-electron chi connectivity index (χ0n) is 14.2. The van der Waals surface area contributed by atoms with Gasteiger partial charge in [-0.05, 0) is 45.6 Å². The highest BCUT2D eigenvalue weighted by Gasteiger charge is 2.18. The molecule has 0 aromatic heterocycles. The van der Waals surface area contributed by atoms with Crippen molar-refractivity contribution in [3.05, 3.63) is 0 Å². The molecular weight excluding hydrogens is 264 g/mol. The van der Waals surface area contributed by atoms with Crippen LogP contribution >= 0.6 is 0 Å². The van der Waals surface area contributed by atoms with E-state index in [1.165, 1.54) is 38.9 Å². The van der Waals surface area contributed by atoms with E-state index in [9.17, 15) is 0 Å². The van der Waals surface area contributed by atoms with Crippen LogP contribution in [0.2, 0.25) is 0 Å². The van der Waals surface area contributed by atoms with Crippen LogP contribution in [0.5, 0.6) is 0 Å². The van der Waals surface area contributed by atoms with Crippen molar-refractivity contribution in [2.24, 2.45) is 4.99 Å². The average Bonchev–Trinajstić information content (AvgIpc) is 2.51. The van der Waals surface area contributed by atoms with Crippen molar-refractivity contribution in [3.8, 4) is 0 Å². The number of aliphatic imine (C=N–C) groups is 1. The molecule has 0 radical (unpaired) electrons. The second-order valence-corrected chi connectivity index (χ2v) is 5.66. The summed E-state index contributed by atoms with van der Waals surface area (Å²) in [6.07, 6.45) is 5.90. The fraction of sp³-hybridized carbons (Fsp3) is 0.938. The Labute approximate surface area is 130 Å². The van der Waals surface area contributed by atoms with Gasteiger partial charge in [0, 0.05) is 45.9 Å². The normalized spacial score (nSPS) is 18.0. The molecule has 0 spiro atoms. The lowest BCUT2D eigenvalue weighted by atomic mass is 10.1. The summed E-state index contributed by atoms with van der Waals surface area (Å²) in [7, 11) is 1.85. The first kappa shape index (κ1) is 18.2. The first-order valence-corrected chi connectivity index (χ1v) is 8.57. The fourth-order valence-corrected chi connectivity index (χ4v) is 2.69. The van der Waals surface area contributed by atoms with Crippen LogP contribution in [0, 0.1) is 0 Å². The summed E-state index contributed by atoms with van der Waals surface area (Å²) in [6, 6.07) is 0.563. The molecule has 0 aliphatic carbocycles. The van der Waals surface area contributed by atoms with Gasteiger partial charge in [-0.15, -0.1) is 0 Å². The molecule has 0 amide bonds. The van der Waals surface area contributed by atoms with E-state index in [2.05, 4.69) is 27.4 Å². The van der Waals surface area contributed by atoms with E-state index in [1.807, 2.05) is 14.0 Å². The van der Waals surface area contributed by atoms with Crippen molar-refractivity contribution in [1.29, 1.82) is 0 Å². The second-order valence-electron chi connectivity index (χ2n) is 5.66. The number of nitrogens with one attached hydrogen (secondary N) is 2. The molecule has 0 aromatic rings. The Bertz CT molecular complexity index is 275. The maximum atomic E-state index is 5.34. The van der Waals surface area contributed by atoms with Gasteiger partial charge >= 0.3 is 0 Å². The average molecular weight is 298 g/mol. The van der Waals surface area contributed by atoms with Crippen LogP contribution in [-0.4, -0.2) is 63.3 Å². The molecule has 0 atom stereocenters. The van der Waals surface area contributed by atoms with E-state index in [0.29, 0.717) is 6.04 Å². The van der Waals surface area contributed by atoms with Crippen molar-refractivity contribution in [1.82, 2.24) is 15.5 Å². The minimum absolute atomic E-state index is 0.563. The number of nitrogens with zero attached hydrogens (tertiary/aromatic N) is 2. The third-order valence-electron chi connectivity index (χ3n) is 3.90. The Morgan fingerprint density at radius 2 is 2.00 bits per heavy atom. The van der Waals surface area contributed by atoms with Crippen LogP contribution in [0.3, 0.4) is 0 Å². The number of hydrogen-bond donors (Lipinski definition) is 2. The summed E-state index contributed by atoms with van der Waals surface area (Å²) >= 11 is 0. The SMILES string of the molecule is CCCN1CCC(NC(=NC)NCCCCOCC)CC1. The van der Waals surface area contributed by atoms with Gasteiger partial charge in [0.05, 0.1) is 0 Å². The Morgan fingerprint density at radius 3 is 2.62 bits per heavy atom. The largest absolute Gasteiger partial charge is 0.382 e. The zero-order valence-corrected chi connectivity index (χ0v) is 14.2. The van der Waals surface area contributed by atoms with Crippen LogP contribution in [-0.2, 0) is 4.74 Å². The molecule has 0 saturated carbocycles. The maximum absolute atomic E-state index is 5.34. The number of likely N-dealkylation sites (tertiary alicyclic amines) is 1. The first-order chi connectivity index (χ1) is 10.3. The molecule has 5 heteroatoms. The van der Waals surface area contributed by atoms with E-state index >= 15 is 0 Å². The molecule has 21 heavy (non-hydrogen) atoms. The summed E-state index contributed by atoms with van der Waals surface area (Å²) < 4.78 is 5.34. The highest BCUT2D eigenvalue weighted by molar-refractivity contribution is 5.79. The topological polar surface area (TPSA) is 48.9 Å². The number of rotatable bonds is 9. The first-order valence-electron chi connectivity index (χ1n) is 8.57. The number of unbranched alkanes of at least 4 members (excludes halogenated alkanes) is 1. The smallest absolute Gasteiger partial charge is 0.191 e. The lowest BCUT2D eigenvalue weighted by Gasteiger charge is -2.32. The lowest BCUT2D eigenvalue weighted by Crippen LogP contribution is -2.48. The lowest BCUT2D eigenvalue weighted by molar-refractivity contribution is 0.143. The fourth-order valence-electron chi connectivity index (χ4n) is 2.69. The van der Waals surface area contributed by atoms with Gasteiger partial charge in [0.15, 0.2) is 5.96 Å². The molecule has 0 bridgehead atoms. The monoisotopic (exact) mass is 298 g/mol. The number of guanidine groups is 1. The van der Waals surface area contributed by atoms with Gasteiger partial charge in [0.2, 0.25) is 0 Å². The Hall–Kier alpha value is -0.810. The maximum Gasteiger partial charge on any atom is 0.191 e.